The molecule has 0 aliphatic rings. The van der Waals surface area contributed by atoms with Gasteiger partial charge in [0.1, 0.15) is 0 Å². The van der Waals surface area contributed by atoms with Crippen LogP contribution in [0.2, 0.25) is 0 Å². The predicted molar refractivity (Wildman–Crippen MR) is 122 cm³/mol. The second-order valence-electron chi connectivity index (χ2n) is 11.9. The lowest BCUT2D eigenvalue weighted by Gasteiger charge is -2.30. The summed E-state index contributed by atoms with van der Waals surface area (Å²) >= 11 is 0. The lowest BCUT2D eigenvalue weighted by atomic mass is 9.75. The van der Waals surface area contributed by atoms with Crippen LogP contribution in [0.4, 0.5) is 0 Å². The van der Waals surface area contributed by atoms with E-state index in [1.165, 1.54) is 22.3 Å². The molecule has 0 aliphatic carbocycles. The first kappa shape index (κ1) is 25.0. The zero-order chi connectivity index (χ0) is 21.1. The van der Waals surface area contributed by atoms with Crippen molar-refractivity contribution in [1.29, 1.82) is 0 Å². The highest BCUT2D eigenvalue weighted by Crippen LogP contribution is 2.38. The number of rotatable bonds is 5. The van der Waals surface area contributed by atoms with Crippen molar-refractivity contribution in [2.75, 3.05) is 0 Å². The molecule has 0 saturated heterocycles. The molecule has 0 aromatic carbocycles. The first-order valence-electron chi connectivity index (χ1n) is 10.1. The molecule has 0 heteroatoms. The molecule has 0 aromatic rings. The standard InChI is InChI=1S/C26H46/c1-19(23(3,4)5)17-21(25(9,10)11)15-16-22(26(12,13)14)18-20(2)24(6,7)8/h17-18H,1-2,15-16H2,3-14H3/b21-17+,22-18+. The van der Waals surface area contributed by atoms with E-state index in [-0.39, 0.29) is 21.7 Å². The molecule has 150 valence electrons. The highest BCUT2D eigenvalue weighted by atomic mass is 14.3. The molecule has 0 aliphatic heterocycles. The Labute approximate surface area is 165 Å². The molecular formula is C26H46. The Morgan fingerprint density at radius 2 is 0.731 bits per heavy atom. The topological polar surface area (TPSA) is 0 Å². The van der Waals surface area contributed by atoms with Crippen LogP contribution in [0.5, 0.6) is 0 Å². The van der Waals surface area contributed by atoms with Crippen LogP contribution in [-0.2, 0) is 0 Å². The van der Waals surface area contributed by atoms with E-state index in [0.29, 0.717) is 0 Å². The van der Waals surface area contributed by atoms with Gasteiger partial charge in [0.05, 0.1) is 0 Å². The molecule has 0 nitrogen and oxygen atoms in total. The highest BCUT2D eigenvalue weighted by Gasteiger charge is 2.24. The summed E-state index contributed by atoms with van der Waals surface area (Å²) < 4.78 is 0. The van der Waals surface area contributed by atoms with E-state index >= 15 is 0 Å². The first-order chi connectivity index (χ1) is 11.3. The van der Waals surface area contributed by atoms with Gasteiger partial charge < -0.3 is 0 Å². The maximum atomic E-state index is 4.33. The minimum Gasteiger partial charge on any atom is -0.0953 e. The average molecular weight is 359 g/mol. The van der Waals surface area contributed by atoms with Crippen molar-refractivity contribution in [1.82, 2.24) is 0 Å². The van der Waals surface area contributed by atoms with Gasteiger partial charge in [0.25, 0.3) is 0 Å². The largest absolute Gasteiger partial charge is 0.0953 e. The SMILES string of the molecule is C=C(/C=C(\CC/C(=C\C(=C)C(C)(C)C)C(C)(C)C)C(C)(C)C)C(C)(C)C. The summed E-state index contributed by atoms with van der Waals surface area (Å²) in [6, 6.07) is 0. The summed E-state index contributed by atoms with van der Waals surface area (Å²) in [5, 5.41) is 0. The second kappa shape index (κ2) is 8.32. The van der Waals surface area contributed by atoms with Gasteiger partial charge in [0.15, 0.2) is 0 Å². The summed E-state index contributed by atoms with van der Waals surface area (Å²) in [6.45, 7) is 35.9. The van der Waals surface area contributed by atoms with Crippen molar-refractivity contribution >= 4 is 0 Å². The van der Waals surface area contributed by atoms with Crippen LogP contribution in [0.25, 0.3) is 0 Å². The van der Waals surface area contributed by atoms with Crippen LogP contribution in [0.1, 0.15) is 95.9 Å². The number of hydrogen-bond acceptors (Lipinski definition) is 0. The van der Waals surface area contributed by atoms with Crippen molar-refractivity contribution in [3.8, 4) is 0 Å². The predicted octanol–water partition coefficient (Wildman–Crippen LogP) is 8.92. The molecule has 0 aromatic heterocycles. The molecule has 0 atom stereocenters. The van der Waals surface area contributed by atoms with E-state index in [2.05, 4.69) is 108 Å². The van der Waals surface area contributed by atoms with Gasteiger partial charge >= 0.3 is 0 Å². The summed E-state index contributed by atoms with van der Waals surface area (Å²) in [7, 11) is 0. The van der Waals surface area contributed by atoms with Gasteiger partial charge in [-0.3, -0.25) is 0 Å². The van der Waals surface area contributed by atoms with Gasteiger partial charge in [-0.1, -0.05) is 120 Å². The maximum absolute atomic E-state index is 4.33. The first-order valence-corrected chi connectivity index (χ1v) is 10.1. The molecule has 0 heterocycles. The van der Waals surface area contributed by atoms with E-state index in [0.717, 1.165) is 12.8 Å². The normalized spacial score (nSPS) is 15.2. The summed E-state index contributed by atoms with van der Waals surface area (Å²) in [5.74, 6) is 0. The fourth-order valence-electron chi connectivity index (χ4n) is 2.45. The van der Waals surface area contributed by atoms with E-state index in [4.69, 9.17) is 0 Å². The monoisotopic (exact) mass is 358 g/mol. The Morgan fingerprint density at radius 1 is 0.500 bits per heavy atom. The quantitative estimate of drug-likeness (QED) is 0.430. The van der Waals surface area contributed by atoms with Gasteiger partial charge in [-0.25, -0.2) is 0 Å². The molecule has 0 rings (SSSR count). The third-order valence-corrected chi connectivity index (χ3v) is 5.21. The third kappa shape index (κ3) is 8.56. The lowest BCUT2D eigenvalue weighted by Crippen LogP contribution is -2.16. The van der Waals surface area contributed by atoms with Gasteiger partial charge in [-0.05, 0) is 45.6 Å². The minimum absolute atomic E-state index is 0.111. The van der Waals surface area contributed by atoms with Crippen LogP contribution in [0.3, 0.4) is 0 Å². The zero-order valence-corrected chi connectivity index (χ0v) is 20.0. The van der Waals surface area contributed by atoms with E-state index in [1.54, 1.807) is 0 Å². The third-order valence-electron chi connectivity index (χ3n) is 5.21. The maximum Gasteiger partial charge on any atom is -0.0138 e. The van der Waals surface area contributed by atoms with E-state index in [1.807, 2.05) is 0 Å². The molecule has 26 heavy (non-hydrogen) atoms. The molecule has 0 amide bonds. The van der Waals surface area contributed by atoms with Crippen LogP contribution in [0, 0.1) is 21.7 Å². The second-order valence-corrected chi connectivity index (χ2v) is 11.9. The Hall–Kier alpha value is -1.04. The van der Waals surface area contributed by atoms with Crippen molar-refractivity contribution < 1.29 is 0 Å². The van der Waals surface area contributed by atoms with Crippen molar-refractivity contribution in [3.63, 3.8) is 0 Å². The Balaban J connectivity index is 5.72. The van der Waals surface area contributed by atoms with Crippen LogP contribution in [-0.4, -0.2) is 0 Å². The molecule has 0 radical (unpaired) electrons. The Bertz CT molecular complexity index is 509. The molecule has 0 N–H and O–H groups in total. The lowest BCUT2D eigenvalue weighted by molar-refractivity contribution is 0.446. The van der Waals surface area contributed by atoms with Crippen molar-refractivity contribution in [3.05, 3.63) is 47.6 Å². The number of hydrogen-bond donors (Lipinski definition) is 0. The van der Waals surface area contributed by atoms with E-state index in [9.17, 15) is 0 Å². The molecule has 0 fully saturated rings. The van der Waals surface area contributed by atoms with Crippen molar-refractivity contribution in [2.24, 2.45) is 21.7 Å². The molecule has 0 bridgehead atoms. The van der Waals surface area contributed by atoms with Gasteiger partial charge in [-0.15, -0.1) is 0 Å². The van der Waals surface area contributed by atoms with Crippen LogP contribution in [0.15, 0.2) is 47.6 Å². The molecule has 0 unspecified atom stereocenters. The summed E-state index contributed by atoms with van der Waals surface area (Å²) in [4.78, 5) is 0. The van der Waals surface area contributed by atoms with Crippen LogP contribution < -0.4 is 0 Å². The van der Waals surface area contributed by atoms with Crippen LogP contribution >= 0.6 is 0 Å². The summed E-state index contributed by atoms with van der Waals surface area (Å²) in [6.07, 6.45) is 6.83. The minimum atomic E-state index is 0.111. The van der Waals surface area contributed by atoms with Gasteiger partial charge in [-0.2, -0.15) is 0 Å². The highest BCUT2D eigenvalue weighted by molar-refractivity contribution is 5.32. The summed E-state index contributed by atoms with van der Waals surface area (Å²) in [5.41, 5.74) is 5.91. The van der Waals surface area contributed by atoms with Gasteiger partial charge in [0.2, 0.25) is 0 Å². The molecule has 0 saturated carbocycles. The fraction of sp³-hybridized carbons (Fsp3) is 0.692. The van der Waals surface area contributed by atoms with E-state index < -0.39 is 0 Å². The Kier molecular flexibility index (Phi) is 7.99. The Morgan fingerprint density at radius 3 is 0.885 bits per heavy atom. The molecule has 0 spiro atoms. The smallest absolute Gasteiger partial charge is 0.0138 e. The fourth-order valence-corrected chi connectivity index (χ4v) is 2.45. The number of allylic oxidation sites excluding steroid dienone is 6. The van der Waals surface area contributed by atoms with Gasteiger partial charge in [0, 0.05) is 0 Å². The zero-order valence-electron chi connectivity index (χ0n) is 20.0. The van der Waals surface area contributed by atoms with Crippen molar-refractivity contribution in [2.45, 2.75) is 95.9 Å². The average Bonchev–Trinajstić information content (AvgIpc) is 2.36. The molecular weight excluding hydrogens is 312 g/mol.